The first-order valence-corrected chi connectivity index (χ1v) is 6.19. The molecule has 0 amide bonds. The fraction of sp³-hybridized carbons (Fsp3) is 0.0667. The number of hydrogen-bond donors (Lipinski definition) is 2. The van der Waals surface area contributed by atoms with Crippen LogP contribution in [0, 0.1) is 17.5 Å². The van der Waals surface area contributed by atoms with E-state index in [1.807, 2.05) is 0 Å². The molecular formula is C15H11F3N2O. The summed E-state index contributed by atoms with van der Waals surface area (Å²) >= 11 is 0. The van der Waals surface area contributed by atoms with Crippen molar-refractivity contribution in [2.45, 2.75) is 6.04 Å². The molecule has 1 aromatic heterocycles. The smallest absolute Gasteiger partial charge is 0.169 e. The van der Waals surface area contributed by atoms with Gasteiger partial charge in [-0.15, -0.1) is 0 Å². The third-order valence-electron chi connectivity index (χ3n) is 3.24. The summed E-state index contributed by atoms with van der Waals surface area (Å²) in [6.45, 7) is 0. The summed E-state index contributed by atoms with van der Waals surface area (Å²) in [5, 5.41) is 0.535. The Balaban J connectivity index is 2.11. The molecule has 0 saturated carbocycles. The molecule has 0 radical (unpaired) electrons. The van der Waals surface area contributed by atoms with E-state index in [9.17, 15) is 13.2 Å². The minimum atomic E-state index is -0.850. The van der Waals surface area contributed by atoms with Crippen molar-refractivity contribution in [1.29, 1.82) is 0 Å². The molecular weight excluding hydrogens is 281 g/mol. The Kier molecular flexibility index (Phi) is 3.40. The van der Waals surface area contributed by atoms with E-state index in [4.69, 9.17) is 10.3 Å². The van der Waals surface area contributed by atoms with Gasteiger partial charge in [0.1, 0.15) is 23.4 Å². The monoisotopic (exact) mass is 292 g/mol. The van der Waals surface area contributed by atoms with Crippen molar-refractivity contribution in [2.75, 3.05) is 0 Å². The molecule has 3 N–H and O–H groups in total. The van der Waals surface area contributed by atoms with Crippen molar-refractivity contribution < 1.29 is 17.6 Å². The van der Waals surface area contributed by atoms with Crippen molar-refractivity contribution in [1.82, 2.24) is 5.43 Å². The Morgan fingerprint density at radius 1 is 1.00 bits per heavy atom. The highest BCUT2D eigenvalue weighted by atomic mass is 19.1. The topological polar surface area (TPSA) is 51.2 Å². The van der Waals surface area contributed by atoms with Gasteiger partial charge in [0.2, 0.25) is 0 Å². The van der Waals surface area contributed by atoms with Crippen molar-refractivity contribution in [3.8, 4) is 0 Å². The van der Waals surface area contributed by atoms with E-state index in [-0.39, 0.29) is 16.9 Å². The van der Waals surface area contributed by atoms with Gasteiger partial charge in [-0.2, -0.15) is 0 Å². The molecule has 21 heavy (non-hydrogen) atoms. The van der Waals surface area contributed by atoms with Crippen LogP contribution in [-0.2, 0) is 0 Å². The van der Waals surface area contributed by atoms with Crippen LogP contribution in [0.2, 0.25) is 0 Å². The third-order valence-corrected chi connectivity index (χ3v) is 3.24. The lowest BCUT2D eigenvalue weighted by molar-refractivity contribution is 0.451. The average molecular weight is 292 g/mol. The standard InChI is InChI=1S/C15H11F3N2O/c16-9-4-5-10(12(18)7-9)14(20-19)13-6-8-2-1-3-11(17)15(8)21-13/h1-7,14,20H,19H2. The van der Waals surface area contributed by atoms with Gasteiger partial charge in [-0.3, -0.25) is 5.84 Å². The van der Waals surface area contributed by atoms with E-state index in [1.54, 1.807) is 18.2 Å². The highest BCUT2D eigenvalue weighted by Crippen LogP contribution is 2.30. The molecule has 3 rings (SSSR count). The quantitative estimate of drug-likeness (QED) is 0.574. The molecule has 0 spiro atoms. The fourth-order valence-corrected chi connectivity index (χ4v) is 2.25. The van der Waals surface area contributed by atoms with Gasteiger partial charge >= 0.3 is 0 Å². The SMILES string of the molecule is NNC(c1cc2cccc(F)c2o1)c1ccc(F)cc1F. The first-order chi connectivity index (χ1) is 10.1. The van der Waals surface area contributed by atoms with Crippen molar-refractivity contribution in [3.63, 3.8) is 0 Å². The van der Waals surface area contributed by atoms with E-state index in [2.05, 4.69) is 5.43 Å². The van der Waals surface area contributed by atoms with E-state index in [1.165, 1.54) is 12.1 Å². The van der Waals surface area contributed by atoms with E-state index in [0.717, 1.165) is 12.1 Å². The minimum Gasteiger partial charge on any atom is -0.456 e. The lowest BCUT2D eigenvalue weighted by Gasteiger charge is -2.14. The number of fused-ring (bicyclic) bond motifs is 1. The normalized spacial score (nSPS) is 12.8. The summed E-state index contributed by atoms with van der Waals surface area (Å²) in [4.78, 5) is 0. The molecule has 0 aliphatic carbocycles. The van der Waals surface area contributed by atoms with Gasteiger partial charge in [0.25, 0.3) is 0 Å². The molecule has 1 atom stereocenters. The van der Waals surface area contributed by atoms with E-state index in [0.29, 0.717) is 5.39 Å². The van der Waals surface area contributed by atoms with Gasteiger partial charge in [0.05, 0.1) is 0 Å². The number of nitrogens with two attached hydrogens (primary N) is 1. The van der Waals surface area contributed by atoms with Crippen LogP contribution in [0.25, 0.3) is 11.0 Å². The molecule has 0 bridgehead atoms. The van der Waals surface area contributed by atoms with Gasteiger partial charge < -0.3 is 4.42 Å². The molecule has 1 unspecified atom stereocenters. The van der Waals surface area contributed by atoms with Crippen LogP contribution in [0.1, 0.15) is 17.4 Å². The second-order valence-corrected chi connectivity index (χ2v) is 4.57. The highest BCUT2D eigenvalue weighted by Gasteiger charge is 2.21. The number of halogens is 3. The molecule has 0 aliphatic heterocycles. The number of benzene rings is 2. The van der Waals surface area contributed by atoms with Gasteiger partial charge in [0.15, 0.2) is 11.4 Å². The summed E-state index contributed by atoms with van der Waals surface area (Å²) in [5.41, 5.74) is 2.57. The Morgan fingerprint density at radius 3 is 2.48 bits per heavy atom. The van der Waals surface area contributed by atoms with Crippen molar-refractivity contribution >= 4 is 11.0 Å². The van der Waals surface area contributed by atoms with Gasteiger partial charge in [-0.25, -0.2) is 18.6 Å². The maximum atomic E-state index is 13.9. The van der Waals surface area contributed by atoms with Crippen LogP contribution >= 0.6 is 0 Å². The molecule has 3 nitrogen and oxygen atoms in total. The second-order valence-electron chi connectivity index (χ2n) is 4.57. The van der Waals surface area contributed by atoms with Crippen LogP contribution in [0.15, 0.2) is 46.9 Å². The van der Waals surface area contributed by atoms with Gasteiger partial charge in [0, 0.05) is 17.0 Å². The summed E-state index contributed by atoms with van der Waals surface area (Å²) in [7, 11) is 0. The first-order valence-electron chi connectivity index (χ1n) is 6.19. The highest BCUT2D eigenvalue weighted by molar-refractivity contribution is 5.78. The maximum Gasteiger partial charge on any atom is 0.169 e. The zero-order valence-electron chi connectivity index (χ0n) is 10.7. The van der Waals surface area contributed by atoms with Crippen LogP contribution in [0.4, 0.5) is 13.2 Å². The molecule has 0 saturated heterocycles. The molecule has 0 aliphatic rings. The average Bonchev–Trinajstić information content (AvgIpc) is 2.87. The zero-order chi connectivity index (χ0) is 15.0. The third kappa shape index (κ3) is 2.39. The predicted molar refractivity (Wildman–Crippen MR) is 71.7 cm³/mol. The molecule has 6 heteroatoms. The lowest BCUT2D eigenvalue weighted by Crippen LogP contribution is -2.29. The molecule has 108 valence electrons. The largest absolute Gasteiger partial charge is 0.456 e. The van der Waals surface area contributed by atoms with E-state index >= 15 is 0 Å². The van der Waals surface area contributed by atoms with Gasteiger partial charge in [-0.1, -0.05) is 18.2 Å². The number of rotatable bonds is 3. The van der Waals surface area contributed by atoms with Crippen LogP contribution < -0.4 is 11.3 Å². The number of para-hydroxylation sites is 1. The summed E-state index contributed by atoms with van der Waals surface area (Å²) < 4.78 is 45.9. The Bertz CT molecular complexity index is 801. The first kappa shape index (κ1) is 13.7. The molecule has 3 aromatic rings. The lowest BCUT2D eigenvalue weighted by atomic mass is 10.0. The Morgan fingerprint density at radius 2 is 1.81 bits per heavy atom. The van der Waals surface area contributed by atoms with Crippen LogP contribution in [-0.4, -0.2) is 0 Å². The Hall–Kier alpha value is -2.31. The molecule has 1 heterocycles. The van der Waals surface area contributed by atoms with Crippen LogP contribution in [0.5, 0.6) is 0 Å². The summed E-state index contributed by atoms with van der Waals surface area (Å²) in [6.07, 6.45) is 0. The fourth-order valence-electron chi connectivity index (χ4n) is 2.25. The summed E-state index contributed by atoms with van der Waals surface area (Å²) in [5.74, 6) is 3.70. The zero-order valence-corrected chi connectivity index (χ0v) is 10.7. The van der Waals surface area contributed by atoms with Crippen molar-refractivity contribution in [3.05, 3.63) is 71.2 Å². The van der Waals surface area contributed by atoms with Crippen molar-refractivity contribution in [2.24, 2.45) is 5.84 Å². The number of furan rings is 1. The van der Waals surface area contributed by atoms with E-state index < -0.39 is 23.5 Å². The Labute approximate surface area is 118 Å². The maximum absolute atomic E-state index is 13.9. The molecule has 0 fully saturated rings. The number of nitrogens with one attached hydrogen (secondary N) is 1. The van der Waals surface area contributed by atoms with Crippen LogP contribution in [0.3, 0.4) is 0 Å². The predicted octanol–water partition coefficient (Wildman–Crippen LogP) is 3.40. The molecule has 2 aromatic carbocycles. The minimum absolute atomic E-state index is 0.0651. The summed E-state index contributed by atoms with van der Waals surface area (Å²) in [6, 6.07) is 8.32. The second kappa shape index (κ2) is 5.23. The number of hydrazine groups is 1. The van der Waals surface area contributed by atoms with Gasteiger partial charge in [-0.05, 0) is 18.2 Å². The number of hydrogen-bond acceptors (Lipinski definition) is 3.